The lowest BCUT2D eigenvalue weighted by atomic mass is 10.0. The zero-order chi connectivity index (χ0) is 26.2. The Kier molecular flexibility index (Phi) is 7.35. The summed E-state index contributed by atoms with van der Waals surface area (Å²) in [5.41, 5.74) is 2.82. The third-order valence-corrected chi connectivity index (χ3v) is 9.84. The highest BCUT2D eigenvalue weighted by Crippen LogP contribution is 2.35. The van der Waals surface area contributed by atoms with E-state index >= 15 is 0 Å². The number of benzene rings is 2. The van der Waals surface area contributed by atoms with E-state index in [9.17, 15) is 13.2 Å². The second-order valence-corrected chi connectivity index (χ2v) is 12.9. The lowest BCUT2D eigenvalue weighted by Gasteiger charge is -2.30. The number of thioether (sulfide) groups is 1. The Morgan fingerprint density at radius 2 is 1.95 bits per heavy atom. The molecule has 2 saturated heterocycles. The largest absolute Gasteiger partial charge is 0.293 e. The van der Waals surface area contributed by atoms with Crippen molar-refractivity contribution in [3.05, 3.63) is 71.3 Å². The highest BCUT2D eigenvalue weighted by atomic mass is 32.2. The van der Waals surface area contributed by atoms with E-state index in [-0.39, 0.29) is 10.8 Å². The van der Waals surface area contributed by atoms with Crippen LogP contribution >= 0.6 is 24.0 Å². The van der Waals surface area contributed by atoms with Gasteiger partial charge in [-0.15, -0.1) is 0 Å². The number of carbonyl (C=O) groups excluding carboxylic acids is 1. The van der Waals surface area contributed by atoms with Crippen LogP contribution in [0.25, 0.3) is 23.0 Å². The maximum atomic E-state index is 13.5. The van der Waals surface area contributed by atoms with Gasteiger partial charge >= 0.3 is 0 Å². The van der Waals surface area contributed by atoms with Gasteiger partial charge in [0.25, 0.3) is 5.91 Å². The minimum atomic E-state index is -3.63. The molecule has 37 heavy (non-hydrogen) atoms. The van der Waals surface area contributed by atoms with Gasteiger partial charge in [0, 0.05) is 37.0 Å². The number of likely N-dealkylation sites (N-methyl/N-ethyl adjacent to an activating group) is 1. The van der Waals surface area contributed by atoms with E-state index in [0.29, 0.717) is 51.6 Å². The Morgan fingerprint density at radius 3 is 2.65 bits per heavy atom. The first-order valence-corrected chi connectivity index (χ1v) is 15.0. The van der Waals surface area contributed by atoms with E-state index in [1.807, 2.05) is 49.5 Å². The fourth-order valence-electron chi connectivity index (χ4n) is 4.66. The molecule has 7 nitrogen and oxygen atoms in total. The normalized spacial score (nSPS) is 20.2. The van der Waals surface area contributed by atoms with Gasteiger partial charge in [-0.05, 0) is 56.0 Å². The van der Waals surface area contributed by atoms with Gasteiger partial charge in [-0.2, -0.15) is 9.40 Å². The molecule has 2 aliphatic rings. The quantitative estimate of drug-likeness (QED) is 0.310. The van der Waals surface area contributed by atoms with Crippen LogP contribution in [-0.2, 0) is 14.8 Å². The standard InChI is InChI=1S/C27H28N4O3S3/c1-3-30-26(32)24(36-27(30)35)16-21-18-31(22-11-5-4-6-12-22)28-25(21)20-10-7-13-23(15-20)37(33,34)29-14-8-9-19(2)17-29/h4-7,10-13,15-16,18-19H,3,8-9,14,17H2,1-2H3/b24-16-. The van der Waals surface area contributed by atoms with Gasteiger partial charge in [-0.1, -0.05) is 61.2 Å². The summed E-state index contributed by atoms with van der Waals surface area (Å²) in [6.45, 7) is 5.54. The van der Waals surface area contributed by atoms with Crippen LogP contribution in [0.15, 0.2) is 70.6 Å². The molecule has 1 unspecified atom stereocenters. The Balaban J connectivity index is 1.59. The molecule has 2 fully saturated rings. The molecule has 1 atom stereocenters. The van der Waals surface area contributed by atoms with Crippen molar-refractivity contribution in [1.29, 1.82) is 0 Å². The third-order valence-electron chi connectivity index (χ3n) is 6.60. The fraction of sp³-hybridized carbons (Fsp3) is 0.296. The number of thiocarbonyl (C=S) groups is 1. The number of para-hydroxylation sites is 1. The summed E-state index contributed by atoms with van der Waals surface area (Å²) in [5, 5.41) is 4.82. The van der Waals surface area contributed by atoms with Crippen molar-refractivity contribution < 1.29 is 13.2 Å². The van der Waals surface area contributed by atoms with Crippen molar-refractivity contribution in [1.82, 2.24) is 19.0 Å². The SMILES string of the molecule is CCN1C(=O)/C(=C/c2cn(-c3ccccc3)nc2-c2cccc(S(=O)(=O)N3CCCC(C)C3)c2)SC1=S. The molecule has 3 heterocycles. The summed E-state index contributed by atoms with van der Waals surface area (Å²) in [6.07, 6.45) is 5.55. The molecular weight excluding hydrogens is 525 g/mol. The van der Waals surface area contributed by atoms with Crippen LogP contribution < -0.4 is 0 Å². The zero-order valence-corrected chi connectivity index (χ0v) is 23.2. The average Bonchev–Trinajstić information content (AvgIpc) is 3.44. The maximum absolute atomic E-state index is 13.5. The van der Waals surface area contributed by atoms with Crippen molar-refractivity contribution in [2.24, 2.45) is 5.92 Å². The molecular formula is C27H28N4O3S3. The highest BCUT2D eigenvalue weighted by molar-refractivity contribution is 8.26. The summed E-state index contributed by atoms with van der Waals surface area (Å²) in [5.74, 6) is 0.202. The van der Waals surface area contributed by atoms with Gasteiger partial charge in [0.2, 0.25) is 10.0 Å². The van der Waals surface area contributed by atoms with Gasteiger partial charge in [0.05, 0.1) is 15.5 Å². The molecule has 0 spiro atoms. The van der Waals surface area contributed by atoms with E-state index in [1.54, 1.807) is 38.2 Å². The molecule has 5 rings (SSSR count). The Hall–Kier alpha value is -2.79. The molecule has 1 amide bonds. The number of carbonyl (C=O) groups is 1. The Morgan fingerprint density at radius 1 is 1.16 bits per heavy atom. The molecule has 0 saturated carbocycles. The van der Waals surface area contributed by atoms with Crippen LogP contribution in [0.5, 0.6) is 0 Å². The maximum Gasteiger partial charge on any atom is 0.266 e. The van der Waals surface area contributed by atoms with Crippen molar-refractivity contribution >= 4 is 50.3 Å². The molecule has 0 N–H and O–H groups in total. The van der Waals surface area contributed by atoms with Crippen LogP contribution in [0.2, 0.25) is 0 Å². The molecule has 3 aromatic rings. The fourth-order valence-corrected chi connectivity index (χ4v) is 7.68. The van der Waals surface area contributed by atoms with Crippen LogP contribution in [0.3, 0.4) is 0 Å². The number of hydrogen-bond donors (Lipinski definition) is 0. The predicted octanol–water partition coefficient (Wildman–Crippen LogP) is 5.18. The van der Waals surface area contributed by atoms with E-state index in [2.05, 4.69) is 6.92 Å². The van der Waals surface area contributed by atoms with E-state index in [4.69, 9.17) is 17.3 Å². The van der Waals surface area contributed by atoms with Crippen LogP contribution in [0.4, 0.5) is 0 Å². The van der Waals surface area contributed by atoms with Crippen molar-refractivity contribution in [3.63, 3.8) is 0 Å². The summed E-state index contributed by atoms with van der Waals surface area (Å²) in [7, 11) is -3.63. The number of piperidine rings is 1. The third kappa shape index (κ3) is 5.16. The van der Waals surface area contributed by atoms with Crippen molar-refractivity contribution in [2.75, 3.05) is 19.6 Å². The second-order valence-electron chi connectivity index (χ2n) is 9.28. The molecule has 0 radical (unpaired) electrons. The summed E-state index contributed by atoms with van der Waals surface area (Å²) in [6, 6.07) is 16.6. The number of amides is 1. The summed E-state index contributed by atoms with van der Waals surface area (Å²) < 4.78 is 30.8. The smallest absolute Gasteiger partial charge is 0.266 e. The molecule has 0 aliphatic carbocycles. The van der Waals surface area contributed by atoms with E-state index in [0.717, 1.165) is 18.5 Å². The molecule has 10 heteroatoms. The van der Waals surface area contributed by atoms with Crippen LogP contribution in [-0.4, -0.2) is 57.3 Å². The lowest BCUT2D eigenvalue weighted by Crippen LogP contribution is -2.39. The van der Waals surface area contributed by atoms with E-state index < -0.39 is 10.0 Å². The average molecular weight is 553 g/mol. The number of rotatable bonds is 6. The minimum Gasteiger partial charge on any atom is -0.293 e. The van der Waals surface area contributed by atoms with Gasteiger partial charge in [-0.3, -0.25) is 9.69 Å². The Labute approximate surface area is 227 Å². The van der Waals surface area contributed by atoms with E-state index in [1.165, 1.54) is 11.8 Å². The number of sulfonamides is 1. The topological polar surface area (TPSA) is 75.5 Å². The van der Waals surface area contributed by atoms with Gasteiger partial charge < -0.3 is 0 Å². The highest BCUT2D eigenvalue weighted by Gasteiger charge is 2.32. The number of nitrogens with zero attached hydrogens (tertiary/aromatic N) is 4. The summed E-state index contributed by atoms with van der Waals surface area (Å²) >= 11 is 6.65. The molecule has 2 aromatic carbocycles. The first-order chi connectivity index (χ1) is 17.8. The van der Waals surface area contributed by atoms with Gasteiger partial charge in [0.15, 0.2) is 0 Å². The number of hydrogen-bond acceptors (Lipinski definition) is 6. The first-order valence-electron chi connectivity index (χ1n) is 12.3. The lowest BCUT2D eigenvalue weighted by molar-refractivity contribution is -0.121. The minimum absolute atomic E-state index is 0.133. The first kappa shape index (κ1) is 25.8. The molecule has 0 bridgehead atoms. The zero-order valence-electron chi connectivity index (χ0n) is 20.7. The number of aromatic nitrogens is 2. The molecule has 1 aromatic heterocycles. The van der Waals surface area contributed by atoms with Crippen molar-refractivity contribution in [3.8, 4) is 16.9 Å². The predicted molar refractivity (Wildman–Crippen MR) is 152 cm³/mol. The second kappa shape index (κ2) is 10.5. The van der Waals surface area contributed by atoms with Gasteiger partial charge in [-0.25, -0.2) is 13.1 Å². The monoisotopic (exact) mass is 552 g/mol. The molecule has 2 aliphatic heterocycles. The van der Waals surface area contributed by atoms with Crippen LogP contribution in [0, 0.1) is 5.92 Å². The molecule has 192 valence electrons. The Bertz CT molecular complexity index is 1480. The van der Waals surface area contributed by atoms with Crippen molar-refractivity contribution in [2.45, 2.75) is 31.6 Å². The summed E-state index contributed by atoms with van der Waals surface area (Å²) in [4.78, 5) is 15.2. The van der Waals surface area contributed by atoms with Gasteiger partial charge in [0.1, 0.15) is 10.0 Å². The van der Waals surface area contributed by atoms with Crippen LogP contribution in [0.1, 0.15) is 32.3 Å².